The van der Waals surface area contributed by atoms with Crippen LogP contribution in [-0.2, 0) is 0 Å². The number of nitrogens with zero attached hydrogens (tertiary/aromatic N) is 1. The van der Waals surface area contributed by atoms with Crippen molar-refractivity contribution in [2.24, 2.45) is 5.84 Å². The zero-order valence-electron chi connectivity index (χ0n) is 8.84. The van der Waals surface area contributed by atoms with Crippen LogP contribution in [0.4, 0.5) is 5.69 Å². The van der Waals surface area contributed by atoms with Crippen LogP contribution >= 0.6 is 0 Å². The predicted molar refractivity (Wildman–Crippen MR) is 56.1 cm³/mol. The van der Waals surface area contributed by atoms with E-state index >= 15 is 0 Å². The van der Waals surface area contributed by atoms with Crippen LogP contribution in [0.25, 0.3) is 0 Å². The molecule has 0 amide bonds. The minimum Gasteiger partial charge on any atom is -0.494 e. The lowest BCUT2D eigenvalue weighted by Gasteiger charge is -2.11. The largest absolute Gasteiger partial charge is 0.494 e. The highest BCUT2D eigenvalue weighted by molar-refractivity contribution is 5.65. The minimum absolute atomic E-state index is 0.655. The van der Waals surface area contributed by atoms with Gasteiger partial charge in [0.2, 0.25) is 0 Å². The van der Waals surface area contributed by atoms with Crippen LogP contribution in [0.2, 0.25) is 0 Å². The molecule has 0 spiro atoms. The van der Waals surface area contributed by atoms with Crippen molar-refractivity contribution in [3.05, 3.63) is 28.3 Å². The molecule has 0 aromatic heterocycles. The summed E-state index contributed by atoms with van der Waals surface area (Å²) in [5, 5.41) is 13.6. The molecule has 0 radical (unpaired) electrons. The highest BCUT2D eigenvalue weighted by Crippen LogP contribution is 2.32. The summed E-state index contributed by atoms with van der Waals surface area (Å²) in [5.74, 6) is 6.62. The summed E-state index contributed by atoms with van der Waals surface area (Å²) in [7, 11) is 3.16. The van der Waals surface area contributed by atoms with Crippen LogP contribution in [0, 0.1) is 10.1 Å². The van der Waals surface area contributed by atoms with Gasteiger partial charge in [-0.1, -0.05) is 6.07 Å². The van der Waals surface area contributed by atoms with Crippen LogP contribution in [-0.4, -0.2) is 24.5 Å². The third kappa shape index (κ3) is 4.33. The lowest BCUT2D eigenvalue weighted by molar-refractivity contribution is -0.742. The van der Waals surface area contributed by atoms with E-state index in [9.17, 15) is 0 Å². The summed E-state index contributed by atoms with van der Waals surface area (Å²) in [6.07, 6.45) is 0. The molecule has 0 aliphatic heterocycles. The van der Waals surface area contributed by atoms with Crippen molar-refractivity contribution in [2.75, 3.05) is 19.6 Å². The number of rotatable bonds is 3. The molecule has 0 saturated carbocycles. The van der Waals surface area contributed by atoms with E-state index in [0.29, 0.717) is 17.2 Å². The summed E-state index contributed by atoms with van der Waals surface area (Å²) in [6.45, 7) is 0. The lowest BCUT2D eigenvalue weighted by Crippen LogP contribution is -2.09. The Hall–Kier alpha value is -2.22. The third-order valence-corrected chi connectivity index (χ3v) is 1.57. The quantitative estimate of drug-likeness (QED) is 0.396. The maximum Gasteiger partial charge on any atom is 0.291 e. The van der Waals surface area contributed by atoms with E-state index in [1.165, 1.54) is 0 Å². The van der Waals surface area contributed by atoms with E-state index in [1.807, 2.05) is 6.07 Å². The predicted octanol–water partition coefficient (Wildman–Crippen LogP) is 0.642. The Morgan fingerprint density at radius 2 is 1.75 bits per heavy atom. The molecule has 8 nitrogen and oxygen atoms in total. The Bertz CT molecular complexity index is 318. The van der Waals surface area contributed by atoms with E-state index in [-0.39, 0.29) is 0 Å². The molecule has 0 atom stereocenters. The fraction of sp³-hybridized carbons (Fsp3) is 0.250. The van der Waals surface area contributed by atoms with Crippen LogP contribution in [0.5, 0.6) is 11.5 Å². The van der Waals surface area contributed by atoms with E-state index in [2.05, 4.69) is 5.43 Å². The topological polar surface area (TPSA) is 120 Å². The molecule has 90 valence electrons. The first kappa shape index (κ1) is 13.8. The molecule has 0 aliphatic rings. The van der Waals surface area contributed by atoms with Crippen LogP contribution in [0.3, 0.4) is 0 Å². The summed E-state index contributed by atoms with van der Waals surface area (Å²) in [6, 6.07) is 5.44. The van der Waals surface area contributed by atoms with E-state index < -0.39 is 5.09 Å². The number of nitrogens with one attached hydrogen (secondary N) is 1. The Labute approximate surface area is 91.7 Å². The summed E-state index contributed by atoms with van der Waals surface area (Å²) in [5.41, 5.74) is 3.17. The average Bonchev–Trinajstić information content (AvgIpc) is 2.26. The molecule has 0 heterocycles. The number of hydrogen-bond acceptors (Lipinski definition) is 6. The number of nitrogens with two attached hydrogens (primary N) is 1. The van der Waals surface area contributed by atoms with Gasteiger partial charge in [0.25, 0.3) is 5.09 Å². The number of hydrogen-bond donors (Lipinski definition) is 3. The molecule has 0 bridgehead atoms. The highest BCUT2D eigenvalue weighted by atomic mass is 16.9. The van der Waals surface area contributed by atoms with Crippen molar-refractivity contribution in [3.63, 3.8) is 0 Å². The van der Waals surface area contributed by atoms with Gasteiger partial charge in [0, 0.05) is 0 Å². The molecule has 0 unspecified atom stereocenters. The minimum atomic E-state index is -1.50. The van der Waals surface area contributed by atoms with Gasteiger partial charge in [-0.3, -0.25) is 5.84 Å². The first-order valence-electron chi connectivity index (χ1n) is 4.07. The summed E-state index contributed by atoms with van der Waals surface area (Å²) in [4.78, 5) is 8.36. The molecular weight excluding hydrogens is 218 g/mol. The number of benzene rings is 1. The van der Waals surface area contributed by atoms with Crippen molar-refractivity contribution >= 4 is 5.69 Å². The molecular formula is C8H13N3O5. The molecule has 0 saturated heterocycles. The molecule has 0 aliphatic carbocycles. The second-order valence-electron chi connectivity index (χ2n) is 2.42. The molecule has 1 aromatic carbocycles. The van der Waals surface area contributed by atoms with Gasteiger partial charge >= 0.3 is 0 Å². The van der Waals surface area contributed by atoms with Gasteiger partial charge in [-0.05, 0) is 12.1 Å². The fourth-order valence-corrected chi connectivity index (χ4v) is 0.993. The number of hydrazine groups is 1. The highest BCUT2D eigenvalue weighted by Gasteiger charge is 2.06. The molecule has 0 fully saturated rings. The number of para-hydroxylation sites is 1. The van der Waals surface area contributed by atoms with Gasteiger partial charge in [0.05, 0.1) is 14.2 Å². The number of methoxy groups -OCH3 is 2. The maximum atomic E-state index is 8.36. The van der Waals surface area contributed by atoms with Gasteiger partial charge in [-0.15, -0.1) is 10.1 Å². The Morgan fingerprint density at radius 1 is 1.38 bits per heavy atom. The normalized spacial score (nSPS) is 8.44. The SMILES string of the molecule is COc1cccc(OC)c1NN.O=[N+]([O-])O. The van der Waals surface area contributed by atoms with Crippen molar-refractivity contribution in [3.8, 4) is 11.5 Å². The summed E-state index contributed by atoms with van der Waals surface area (Å²) >= 11 is 0. The Kier molecular flexibility index (Phi) is 6.13. The van der Waals surface area contributed by atoms with Gasteiger partial charge < -0.3 is 20.1 Å². The number of nitrogen functional groups attached to an aromatic ring is 1. The van der Waals surface area contributed by atoms with Gasteiger partial charge in [0.15, 0.2) is 0 Å². The monoisotopic (exact) mass is 231 g/mol. The van der Waals surface area contributed by atoms with Crippen molar-refractivity contribution in [1.82, 2.24) is 0 Å². The second-order valence-corrected chi connectivity index (χ2v) is 2.42. The van der Waals surface area contributed by atoms with Gasteiger partial charge in [-0.25, -0.2) is 0 Å². The number of ether oxygens (including phenoxy) is 2. The van der Waals surface area contributed by atoms with Crippen molar-refractivity contribution in [1.29, 1.82) is 0 Å². The number of anilines is 1. The first-order chi connectivity index (χ1) is 7.56. The van der Waals surface area contributed by atoms with E-state index in [4.69, 9.17) is 30.6 Å². The van der Waals surface area contributed by atoms with E-state index in [0.717, 1.165) is 0 Å². The average molecular weight is 231 g/mol. The third-order valence-electron chi connectivity index (χ3n) is 1.57. The van der Waals surface area contributed by atoms with Crippen molar-refractivity contribution in [2.45, 2.75) is 0 Å². The van der Waals surface area contributed by atoms with Crippen LogP contribution in [0.1, 0.15) is 0 Å². The van der Waals surface area contributed by atoms with Gasteiger partial charge in [0.1, 0.15) is 17.2 Å². The standard InChI is InChI=1S/C8H12N2O2.HNO3/c1-11-6-4-3-5-7(12-2)8(6)10-9;2-1(3)4/h3-5,10H,9H2,1-2H3;(H,2,3,4). The lowest BCUT2D eigenvalue weighted by atomic mass is 10.3. The molecule has 1 rings (SSSR count). The molecule has 16 heavy (non-hydrogen) atoms. The fourth-order valence-electron chi connectivity index (χ4n) is 0.993. The van der Waals surface area contributed by atoms with E-state index in [1.54, 1.807) is 26.4 Å². The van der Waals surface area contributed by atoms with Crippen LogP contribution < -0.4 is 20.7 Å². The zero-order chi connectivity index (χ0) is 12.6. The molecule has 4 N–H and O–H groups in total. The first-order valence-corrected chi connectivity index (χ1v) is 4.07. The molecule has 1 aromatic rings. The smallest absolute Gasteiger partial charge is 0.291 e. The van der Waals surface area contributed by atoms with Crippen LogP contribution in [0.15, 0.2) is 18.2 Å². The van der Waals surface area contributed by atoms with Gasteiger partial charge in [-0.2, -0.15) is 0 Å². The molecule has 8 heteroatoms. The second kappa shape index (κ2) is 7.12. The Balaban J connectivity index is 0.000000487. The zero-order valence-corrected chi connectivity index (χ0v) is 8.84. The van der Waals surface area contributed by atoms with Crippen molar-refractivity contribution < 1.29 is 19.8 Å². The summed E-state index contributed by atoms with van der Waals surface area (Å²) < 4.78 is 10.1. The maximum absolute atomic E-state index is 8.36. The Morgan fingerprint density at radius 3 is 2.00 bits per heavy atom.